The standard InChI is InChI=1S/C9H9N3O3/c10-5-7-4-8(12(14)15)3-6(1-2-13)9(7)11/h3-4,13H,1-2,11H2. The van der Waals surface area contributed by atoms with Crippen LogP contribution >= 0.6 is 0 Å². The first-order chi connectivity index (χ1) is 7.10. The van der Waals surface area contributed by atoms with E-state index in [0.717, 1.165) is 6.07 Å². The van der Waals surface area contributed by atoms with E-state index in [4.69, 9.17) is 16.1 Å². The summed E-state index contributed by atoms with van der Waals surface area (Å²) in [6, 6.07) is 4.17. The molecule has 0 saturated carbocycles. The topological polar surface area (TPSA) is 113 Å². The van der Waals surface area contributed by atoms with Gasteiger partial charge >= 0.3 is 0 Å². The van der Waals surface area contributed by atoms with Gasteiger partial charge in [-0.15, -0.1) is 0 Å². The Kier molecular flexibility index (Phi) is 3.21. The average molecular weight is 207 g/mol. The van der Waals surface area contributed by atoms with Gasteiger partial charge in [-0.2, -0.15) is 5.26 Å². The summed E-state index contributed by atoms with van der Waals surface area (Å²) >= 11 is 0. The van der Waals surface area contributed by atoms with Gasteiger partial charge in [0, 0.05) is 18.7 Å². The fraction of sp³-hybridized carbons (Fsp3) is 0.222. The maximum Gasteiger partial charge on any atom is 0.271 e. The van der Waals surface area contributed by atoms with E-state index in [-0.39, 0.29) is 30.0 Å². The number of benzene rings is 1. The molecule has 0 fully saturated rings. The van der Waals surface area contributed by atoms with Crippen LogP contribution < -0.4 is 5.73 Å². The molecule has 0 saturated heterocycles. The quantitative estimate of drug-likeness (QED) is 0.427. The van der Waals surface area contributed by atoms with E-state index in [1.807, 2.05) is 0 Å². The third kappa shape index (κ3) is 2.21. The van der Waals surface area contributed by atoms with Crippen molar-refractivity contribution >= 4 is 11.4 Å². The van der Waals surface area contributed by atoms with E-state index in [0.29, 0.717) is 5.56 Å². The summed E-state index contributed by atoms with van der Waals surface area (Å²) in [4.78, 5) is 9.93. The van der Waals surface area contributed by atoms with Gasteiger partial charge in [-0.25, -0.2) is 0 Å². The van der Waals surface area contributed by atoms with E-state index in [1.165, 1.54) is 6.07 Å². The lowest BCUT2D eigenvalue weighted by Gasteiger charge is -2.05. The fourth-order valence-corrected chi connectivity index (χ4v) is 1.22. The number of nitrogen functional groups attached to an aromatic ring is 1. The maximum atomic E-state index is 10.5. The van der Waals surface area contributed by atoms with Crippen LogP contribution in [0.2, 0.25) is 0 Å². The van der Waals surface area contributed by atoms with Crippen LogP contribution in [0.4, 0.5) is 11.4 Å². The van der Waals surface area contributed by atoms with Crippen LogP contribution in [0.1, 0.15) is 11.1 Å². The van der Waals surface area contributed by atoms with Crippen LogP contribution in [0.3, 0.4) is 0 Å². The minimum Gasteiger partial charge on any atom is -0.397 e. The molecule has 0 aliphatic heterocycles. The van der Waals surface area contributed by atoms with Crippen molar-refractivity contribution in [1.82, 2.24) is 0 Å². The van der Waals surface area contributed by atoms with Crippen LogP contribution in [0.25, 0.3) is 0 Å². The monoisotopic (exact) mass is 207 g/mol. The van der Waals surface area contributed by atoms with Crippen molar-refractivity contribution in [3.63, 3.8) is 0 Å². The first kappa shape index (κ1) is 10.9. The fourth-order valence-electron chi connectivity index (χ4n) is 1.22. The van der Waals surface area contributed by atoms with Crippen molar-refractivity contribution in [2.75, 3.05) is 12.3 Å². The lowest BCUT2D eigenvalue weighted by Crippen LogP contribution is -2.02. The van der Waals surface area contributed by atoms with Crippen LogP contribution in [0, 0.1) is 21.4 Å². The van der Waals surface area contributed by atoms with Crippen LogP contribution in [-0.2, 0) is 6.42 Å². The first-order valence-electron chi connectivity index (χ1n) is 4.18. The maximum absolute atomic E-state index is 10.5. The van der Waals surface area contributed by atoms with Gasteiger partial charge < -0.3 is 10.8 Å². The van der Waals surface area contributed by atoms with Crippen LogP contribution in [0.15, 0.2) is 12.1 Å². The Labute approximate surface area is 85.7 Å². The highest BCUT2D eigenvalue weighted by Gasteiger charge is 2.13. The number of nitriles is 1. The molecule has 0 spiro atoms. The second-order valence-corrected chi connectivity index (χ2v) is 2.91. The van der Waals surface area contributed by atoms with Crippen molar-refractivity contribution in [1.29, 1.82) is 5.26 Å². The molecule has 0 heterocycles. The molecule has 6 nitrogen and oxygen atoms in total. The van der Waals surface area contributed by atoms with E-state index in [9.17, 15) is 10.1 Å². The van der Waals surface area contributed by atoms with Crippen molar-refractivity contribution in [2.45, 2.75) is 6.42 Å². The molecule has 1 rings (SSSR count). The third-order valence-electron chi connectivity index (χ3n) is 1.96. The Morgan fingerprint density at radius 3 is 2.73 bits per heavy atom. The summed E-state index contributed by atoms with van der Waals surface area (Å²) in [5, 5.41) is 28.0. The Bertz CT molecular complexity index is 437. The van der Waals surface area contributed by atoms with Gasteiger partial charge in [0.1, 0.15) is 6.07 Å². The van der Waals surface area contributed by atoms with Gasteiger partial charge in [0.15, 0.2) is 0 Å². The predicted molar refractivity (Wildman–Crippen MR) is 53.0 cm³/mol. The highest BCUT2D eigenvalue weighted by Crippen LogP contribution is 2.24. The predicted octanol–water partition coefficient (Wildman–Crippen LogP) is 0.583. The molecule has 78 valence electrons. The number of non-ortho nitro benzene ring substituents is 1. The van der Waals surface area contributed by atoms with E-state index in [1.54, 1.807) is 6.07 Å². The Balaban J connectivity index is 3.33. The smallest absolute Gasteiger partial charge is 0.271 e. The van der Waals surface area contributed by atoms with Gasteiger partial charge in [0.25, 0.3) is 5.69 Å². The molecule has 0 radical (unpaired) electrons. The molecular weight excluding hydrogens is 198 g/mol. The number of aliphatic hydroxyl groups is 1. The summed E-state index contributed by atoms with van der Waals surface area (Å²) in [5.41, 5.74) is 6.08. The van der Waals surface area contributed by atoms with E-state index >= 15 is 0 Å². The molecule has 1 aromatic rings. The lowest BCUT2D eigenvalue weighted by atomic mass is 10.0. The van der Waals surface area contributed by atoms with Gasteiger partial charge in [-0.3, -0.25) is 10.1 Å². The number of aliphatic hydroxyl groups excluding tert-OH is 1. The Hall–Kier alpha value is -2.13. The molecule has 6 heteroatoms. The van der Waals surface area contributed by atoms with Crippen molar-refractivity contribution < 1.29 is 10.0 Å². The molecule has 0 atom stereocenters. The molecular formula is C9H9N3O3. The summed E-state index contributed by atoms with van der Waals surface area (Å²) in [5.74, 6) is 0. The number of nitro benzene ring substituents is 1. The number of rotatable bonds is 3. The lowest BCUT2D eigenvalue weighted by molar-refractivity contribution is -0.384. The summed E-state index contributed by atoms with van der Waals surface area (Å²) < 4.78 is 0. The van der Waals surface area contributed by atoms with Crippen molar-refractivity contribution in [3.05, 3.63) is 33.4 Å². The first-order valence-corrected chi connectivity index (χ1v) is 4.18. The summed E-state index contributed by atoms with van der Waals surface area (Å²) in [6.07, 6.45) is 0.197. The second-order valence-electron chi connectivity index (χ2n) is 2.91. The number of hydrogen-bond donors (Lipinski definition) is 2. The second kappa shape index (κ2) is 4.39. The van der Waals surface area contributed by atoms with Gasteiger partial charge in [0.2, 0.25) is 0 Å². The zero-order valence-corrected chi connectivity index (χ0v) is 7.80. The van der Waals surface area contributed by atoms with Crippen molar-refractivity contribution in [2.24, 2.45) is 0 Å². The normalized spacial score (nSPS) is 9.60. The van der Waals surface area contributed by atoms with Crippen LogP contribution in [-0.4, -0.2) is 16.6 Å². The summed E-state index contributed by atoms with van der Waals surface area (Å²) in [6.45, 7) is -0.170. The largest absolute Gasteiger partial charge is 0.397 e. The van der Waals surface area contributed by atoms with Gasteiger partial charge in [-0.05, 0) is 12.0 Å². The Morgan fingerprint density at radius 2 is 2.27 bits per heavy atom. The van der Waals surface area contributed by atoms with Crippen molar-refractivity contribution in [3.8, 4) is 6.07 Å². The Morgan fingerprint density at radius 1 is 1.60 bits per heavy atom. The number of nitrogens with zero attached hydrogens (tertiary/aromatic N) is 2. The average Bonchev–Trinajstić information content (AvgIpc) is 2.21. The zero-order chi connectivity index (χ0) is 11.4. The number of anilines is 1. The van der Waals surface area contributed by atoms with Crippen LogP contribution in [0.5, 0.6) is 0 Å². The molecule has 0 amide bonds. The molecule has 0 unspecified atom stereocenters. The van der Waals surface area contributed by atoms with Gasteiger partial charge in [0.05, 0.1) is 16.2 Å². The molecule has 1 aromatic carbocycles. The zero-order valence-electron chi connectivity index (χ0n) is 7.80. The number of nitro groups is 1. The molecule has 0 aliphatic carbocycles. The van der Waals surface area contributed by atoms with E-state index in [2.05, 4.69) is 0 Å². The molecule has 0 aromatic heterocycles. The highest BCUT2D eigenvalue weighted by atomic mass is 16.6. The molecule has 0 bridgehead atoms. The minimum atomic E-state index is -0.596. The number of nitrogens with two attached hydrogens (primary N) is 1. The SMILES string of the molecule is N#Cc1cc([N+](=O)[O-])cc(CCO)c1N. The molecule has 3 N–H and O–H groups in total. The minimum absolute atomic E-state index is 0.0626. The third-order valence-corrected chi connectivity index (χ3v) is 1.96. The molecule has 0 aliphatic rings. The van der Waals surface area contributed by atoms with Gasteiger partial charge in [-0.1, -0.05) is 0 Å². The molecule has 15 heavy (non-hydrogen) atoms. The van der Waals surface area contributed by atoms with E-state index < -0.39 is 4.92 Å². The summed E-state index contributed by atoms with van der Waals surface area (Å²) in [7, 11) is 0. The number of hydrogen-bond acceptors (Lipinski definition) is 5. The highest BCUT2D eigenvalue weighted by molar-refractivity contribution is 5.63.